The van der Waals surface area contributed by atoms with E-state index in [1.165, 1.54) is 6.08 Å². The van der Waals surface area contributed by atoms with Gasteiger partial charge >= 0.3 is 0 Å². The molecule has 0 aliphatic rings. The normalized spacial score (nSPS) is 10.3. The molecule has 0 saturated heterocycles. The number of carbonyl (C=O) groups is 1. The SMILES string of the molecule is COc1ccc(CNC(=S)NNC(=O)/C=C/c2cccc(Cl)c2)cc1. The molecular formula is C18H18ClN3O2S. The maximum Gasteiger partial charge on any atom is 0.262 e. The first-order valence-corrected chi connectivity index (χ1v) is 8.26. The molecule has 0 radical (unpaired) electrons. The highest BCUT2D eigenvalue weighted by molar-refractivity contribution is 7.80. The van der Waals surface area contributed by atoms with Crippen LogP contribution in [-0.4, -0.2) is 18.1 Å². The van der Waals surface area contributed by atoms with Gasteiger partial charge in [0.25, 0.3) is 5.91 Å². The zero-order valence-corrected chi connectivity index (χ0v) is 15.2. The first-order chi connectivity index (χ1) is 12.1. The van der Waals surface area contributed by atoms with E-state index in [0.29, 0.717) is 16.7 Å². The highest BCUT2D eigenvalue weighted by atomic mass is 35.5. The minimum Gasteiger partial charge on any atom is -0.497 e. The fourth-order valence-electron chi connectivity index (χ4n) is 1.91. The van der Waals surface area contributed by atoms with Crippen LogP contribution in [0.25, 0.3) is 6.08 Å². The summed E-state index contributed by atoms with van der Waals surface area (Å²) in [5, 5.41) is 3.93. The van der Waals surface area contributed by atoms with Gasteiger partial charge in [0.15, 0.2) is 5.11 Å². The van der Waals surface area contributed by atoms with E-state index in [1.807, 2.05) is 36.4 Å². The Bertz CT molecular complexity index is 763. The summed E-state index contributed by atoms with van der Waals surface area (Å²) in [6, 6.07) is 14.8. The Labute approximate surface area is 157 Å². The molecule has 1 amide bonds. The van der Waals surface area contributed by atoms with Crippen LogP contribution < -0.4 is 20.9 Å². The van der Waals surface area contributed by atoms with Gasteiger partial charge in [0.1, 0.15) is 5.75 Å². The molecule has 0 saturated carbocycles. The molecule has 0 spiro atoms. The van der Waals surface area contributed by atoms with Gasteiger partial charge < -0.3 is 10.1 Å². The highest BCUT2D eigenvalue weighted by Gasteiger charge is 1.99. The van der Waals surface area contributed by atoms with Gasteiger partial charge in [0.2, 0.25) is 0 Å². The van der Waals surface area contributed by atoms with Crippen LogP contribution >= 0.6 is 23.8 Å². The average molecular weight is 376 g/mol. The summed E-state index contributed by atoms with van der Waals surface area (Å²) in [5.41, 5.74) is 7.01. The van der Waals surface area contributed by atoms with Crippen LogP contribution in [0.15, 0.2) is 54.6 Å². The van der Waals surface area contributed by atoms with Crippen LogP contribution in [0.4, 0.5) is 0 Å². The first-order valence-electron chi connectivity index (χ1n) is 7.47. The van der Waals surface area contributed by atoms with Crippen LogP contribution in [0.1, 0.15) is 11.1 Å². The number of ether oxygens (including phenoxy) is 1. The molecule has 2 aromatic carbocycles. The monoisotopic (exact) mass is 375 g/mol. The molecule has 0 bridgehead atoms. The topological polar surface area (TPSA) is 62.4 Å². The molecule has 0 unspecified atom stereocenters. The quantitative estimate of drug-likeness (QED) is 0.426. The third kappa shape index (κ3) is 6.82. The molecule has 130 valence electrons. The van der Waals surface area contributed by atoms with E-state index in [2.05, 4.69) is 16.2 Å². The number of methoxy groups -OCH3 is 1. The summed E-state index contributed by atoms with van der Waals surface area (Å²) >= 11 is 11.0. The van der Waals surface area contributed by atoms with Crippen LogP contribution in [0.3, 0.4) is 0 Å². The van der Waals surface area contributed by atoms with Crippen molar-refractivity contribution in [2.45, 2.75) is 6.54 Å². The molecule has 0 aliphatic heterocycles. The number of benzene rings is 2. The lowest BCUT2D eigenvalue weighted by Crippen LogP contribution is -2.45. The molecule has 0 fully saturated rings. The van der Waals surface area contributed by atoms with Crippen LogP contribution in [0, 0.1) is 0 Å². The summed E-state index contributed by atoms with van der Waals surface area (Å²) in [6.07, 6.45) is 3.06. The lowest BCUT2D eigenvalue weighted by Gasteiger charge is -2.10. The van der Waals surface area contributed by atoms with E-state index in [1.54, 1.807) is 25.3 Å². The summed E-state index contributed by atoms with van der Waals surface area (Å²) in [6.45, 7) is 0.532. The van der Waals surface area contributed by atoms with Crippen molar-refractivity contribution in [3.8, 4) is 5.75 Å². The molecule has 2 rings (SSSR count). The number of hydrazine groups is 1. The minimum absolute atomic E-state index is 0.320. The Kier molecular flexibility index (Phi) is 7.25. The zero-order chi connectivity index (χ0) is 18.1. The van der Waals surface area contributed by atoms with Gasteiger partial charge in [-0.15, -0.1) is 0 Å². The molecule has 0 heterocycles. The number of halogens is 1. The zero-order valence-electron chi connectivity index (χ0n) is 13.6. The van der Waals surface area contributed by atoms with Crippen LogP contribution in [0.2, 0.25) is 5.02 Å². The lowest BCUT2D eigenvalue weighted by atomic mass is 10.2. The Morgan fingerprint density at radius 2 is 1.96 bits per heavy atom. The number of rotatable bonds is 5. The molecule has 2 aromatic rings. The van der Waals surface area contributed by atoms with Crippen molar-refractivity contribution in [1.29, 1.82) is 0 Å². The maximum atomic E-state index is 11.8. The molecule has 25 heavy (non-hydrogen) atoms. The van der Waals surface area contributed by atoms with E-state index in [0.717, 1.165) is 16.9 Å². The predicted molar refractivity (Wildman–Crippen MR) is 104 cm³/mol. The second kappa shape index (κ2) is 9.66. The van der Waals surface area contributed by atoms with Gasteiger partial charge in [-0.05, 0) is 53.7 Å². The molecule has 7 heteroatoms. The predicted octanol–water partition coefficient (Wildman–Crippen LogP) is 3.06. The highest BCUT2D eigenvalue weighted by Crippen LogP contribution is 2.12. The van der Waals surface area contributed by atoms with E-state index < -0.39 is 0 Å². The van der Waals surface area contributed by atoms with Gasteiger partial charge in [-0.25, -0.2) is 0 Å². The third-order valence-electron chi connectivity index (χ3n) is 3.19. The number of carbonyl (C=O) groups excluding carboxylic acids is 1. The Hall–Kier alpha value is -2.57. The first kappa shape index (κ1) is 18.8. The average Bonchev–Trinajstić information content (AvgIpc) is 2.63. The van der Waals surface area contributed by atoms with Crippen molar-refractivity contribution in [1.82, 2.24) is 16.2 Å². The standard InChI is InChI=1S/C18H18ClN3O2S/c1-24-16-8-5-14(6-9-16)12-20-18(25)22-21-17(23)10-7-13-3-2-4-15(19)11-13/h2-11H,12H2,1H3,(H,21,23)(H2,20,22,25)/b10-7+. The molecule has 5 nitrogen and oxygen atoms in total. The van der Waals surface area contributed by atoms with Gasteiger partial charge in [0, 0.05) is 17.6 Å². The van der Waals surface area contributed by atoms with Crippen molar-refractivity contribution in [3.05, 3.63) is 70.8 Å². The van der Waals surface area contributed by atoms with Gasteiger partial charge in [-0.1, -0.05) is 35.9 Å². The minimum atomic E-state index is -0.325. The maximum absolute atomic E-state index is 11.8. The van der Waals surface area contributed by atoms with Crippen LogP contribution in [-0.2, 0) is 11.3 Å². The molecular weight excluding hydrogens is 358 g/mol. The number of hydrogen-bond donors (Lipinski definition) is 3. The van der Waals surface area contributed by atoms with E-state index >= 15 is 0 Å². The van der Waals surface area contributed by atoms with Gasteiger partial charge in [0.05, 0.1) is 7.11 Å². The van der Waals surface area contributed by atoms with Crippen molar-refractivity contribution < 1.29 is 9.53 Å². The molecule has 3 N–H and O–H groups in total. The fourth-order valence-corrected chi connectivity index (χ4v) is 2.23. The van der Waals surface area contributed by atoms with Crippen LogP contribution in [0.5, 0.6) is 5.75 Å². The summed E-state index contributed by atoms with van der Waals surface area (Å²) in [5.74, 6) is 0.469. The van der Waals surface area contributed by atoms with Crippen molar-refractivity contribution in [3.63, 3.8) is 0 Å². The smallest absolute Gasteiger partial charge is 0.262 e. The van der Waals surface area contributed by atoms with Crippen molar-refractivity contribution in [2.24, 2.45) is 0 Å². The summed E-state index contributed by atoms with van der Waals surface area (Å²) in [4.78, 5) is 11.8. The number of thiocarbonyl (C=S) groups is 1. The molecule has 0 aliphatic carbocycles. The molecule has 0 atom stereocenters. The second-order valence-electron chi connectivity index (χ2n) is 5.03. The lowest BCUT2D eigenvalue weighted by molar-refractivity contribution is -0.116. The molecule has 0 aromatic heterocycles. The van der Waals surface area contributed by atoms with E-state index in [4.69, 9.17) is 28.6 Å². The summed E-state index contributed by atoms with van der Waals surface area (Å²) < 4.78 is 5.10. The Morgan fingerprint density at radius 1 is 1.20 bits per heavy atom. The fraction of sp³-hybridized carbons (Fsp3) is 0.111. The van der Waals surface area contributed by atoms with Crippen molar-refractivity contribution >= 4 is 40.9 Å². The number of hydrogen-bond acceptors (Lipinski definition) is 3. The largest absolute Gasteiger partial charge is 0.497 e. The Morgan fingerprint density at radius 3 is 2.64 bits per heavy atom. The summed E-state index contributed by atoms with van der Waals surface area (Å²) in [7, 11) is 1.62. The van der Waals surface area contributed by atoms with Gasteiger partial charge in [-0.3, -0.25) is 15.6 Å². The Balaban J connectivity index is 1.72. The number of nitrogens with one attached hydrogen (secondary N) is 3. The second-order valence-corrected chi connectivity index (χ2v) is 5.88. The number of amides is 1. The van der Waals surface area contributed by atoms with Crippen molar-refractivity contribution in [2.75, 3.05) is 7.11 Å². The third-order valence-corrected chi connectivity index (χ3v) is 3.67. The van der Waals surface area contributed by atoms with Gasteiger partial charge in [-0.2, -0.15) is 0 Å². The van der Waals surface area contributed by atoms with E-state index in [9.17, 15) is 4.79 Å². The van der Waals surface area contributed by atoms with E-state index in [-0.39, 0.29) is 5.91 Å².